The van der Waals surface area contributed by atoms with Crippen LogP contribution in [0.15, 0.2) is 119 Å². The van der Waals surface area contributed by atoms with Gasteiger partial charge in [-0.05, 0) is 44.8 Å². The molecule has 1 heterocycles. The van der Waals surface area contributed by atoms with Crippen LogP contribution in [0.2, 0.25) is 0 Å². The number of fused-ring (bicyclic) bond motifs is 2. The molecule has 1 aliphatic rings. The predicted octanol–water partition coefficient (Wildman–Crippen LogP) is 7.36. The third kappa shape index (κ3) is 3.79. The van der Waals surface area contributed by atoms with Crippen molar-refractivity contribution < 1.29 is 0 Å². The van der Waals surface area contributed by atoms with Gasteiger partial charge in [0.15, 0.2) is 5.84 Å². The van der Waals surface area contributed by atoms with Crippen molar-refractivity contribution in [3.8, 4) is 11.1 Å². The highest BCUT2D eigenvalue weighted by molar-refractivity contribution is 7.96. The maximum Gasteiger partial charge on any atom is 0.171 e. The van der Waals surface area contributed by atoms with E-state index in [0.717, 1.165) is 22.8 Å². The van der Waals surface area contributed by atoms with E-state index < -0.39 is 0 Å². The number of rotatable bonds is 3. The maximum absolute atomic E-state index is 4.93. The van der Waals surface area contributed by atoms with E-state index in [2.05, 4.69) is 114 Å². The van der Waals surface area contributed by atoms with Gasteiger partial charge in [-0.15, -0.1) is 0 Å². The first-order valence-electron chi connectivity index (χ1n) is 10.9. The van der Waals surface area contributed by atoms with Crippen molar-refractivity contribution in [3.05, 3.63) is 120 Å². The molecule has 0 bridgehead atoms. The lowest BCUT2D eigenvalue weighted by molar-refractivity contribution is 0.841. The molecule has 0 atom stereocenters. The molecular weight excluding hydrogens is 422 g/mol. The zero-order chi connectivity index (χ0) is 22.2. The Labute approximate surface area is 197 Å². The lowest BCUT2D eigenvalue weighted by atomic mass is 10.00. The fourth-order valence-corrected chi connectivity index (χ4v) is 4.77. The second-order valence-electron chi connectivity index (χ2n) is 8.13. The summed E-state index contributed by atoms with van der Waals surface area (Å²) in [4.78, 5) is 4.93. The molecule has 5 aromatic carbocycles. The van der Waals surface area contributed by atoms with Crippen LogP contribution in [0, 0.1) is 0 Å². The van der Waals surface area contributed by atoms with Crippen molar-refractivity contribution in [3.63, 3.8) is 0 Å². The van der Waals surface area contributed by atoms with Crippen LogP contribution in [-0.4, -0.2) is 23.0 Å². The number of amidine groups is 2. The molecule has 4 heteroatoms. The fourth-order valence-electron chi connectivity index (χ4n) is 4.20. The summed E-state index contributed by atoms with van der Waals surface area (Å²) < 4.78 is 6.64. The van der Waals surface area contributed by atoms with E-state index >= 15 is 0 Å². The lowest BCUT2D eigenvalue weighted by Gasteiger charge is -2.22. The van der Waals surface area contributed by atoms with Gasteiger partial charge in [-0.1, -0.05) is 97.1 Å². The van der Waals surface area contributed by atoms with Crippen molar-refractivity contribution in [2.24, 2.45) is 9.39 Å². The SMILES string of the molecule is CN1SN=C(c2ccc(-c3ccc4ccccc4c3)cc2)N=C1c1ccc2ccccc2c1. The maximum atomic E-state index is 4.93. The van der Waals surface area contributed by atoms with Gasteiger partial charge in [-0.3, -0.25) is 4.31 Å². The van der Waals surface area contributed by atoms with Gasteiger partial charge in [0, 0.05) is 18.2 Å². The number of aliphatic imine (C=N–C) groups is 1. The Balaban J connectivity index is 1.32. The van der Waals surface area contributed by atoms with Gasteiger partial charge in [0.25, 0.3) is 0 Å². The summed E-state index contributed by atoms with van der Waals surface area (Å²) in [6, 6.07) is 38.4. The minimum absolute atomic E-state index is 0.742. The van der Waals surface area contributed by atoms with Gasteiger partial charge >= 0.3 is 0 Å². The minimum Gasteiger partial charge on any atom is -0.284 e. The highest BCUT2D eigenvalue weighted by atomic mass is 32.2. The van der Waals surface area contributed by atoms with Crippen LogP contribution >= 0.6 is 12.1 Å². The van der Waals surface area contributed by atoms with E-state index in [-0.39, 0.29) is 0 Å². The molecule has 0 N–H and O–H groups in total. The van der Waals surface area contributed by atoms with E-state index in [1.165, 1.54) is 44.8 Å². The van der Waals surface area contributed by atoms with E-state index in [1.54, 1.807) is 0 Å². The van der Waals surface area contributed by atoms with Crippen molar-refractivity contribution in [1.29, 1.82) is 0 Å². The lowest BCUT2D eigenvalue weighted by Crippen LogP contribution is -2.25. The summed E-state index contributed by atoms with van der Waals surface area (Å²) in [5.41, 5.74) is 4.49. The van der Waals surface area contributed by atoms with Crippen LogP contribution < -0.4 is 0 Å². The molecule has 6 rings (SSSR count). The molecule has 0 aromatic heterocycles. The quantitative estimate of drug-likeness (QED) is 0.272. The smallest absolute Gasteiger partial charge is 0.171 e. The summed E-state index contributed by atoms with van der Waals surface area (Å²) in [5, 5.41) is 4.94. The molecule has 0 radical (unpaired) electrons. The number of nitrogens with zero attached hydrogens (tertiary/aromatic N) is 3. The first-order valence-corrected chi connectivity index (χ1v) is 11.6. The Morgan fingerprint density at radius 2 is 1.06 bits per heavy atom. The van der Waals surface area contributed by atoms with Crippen LogP contribution in [0.3, 0.4) is 0 Å². The monoisotopic (exact) mass is 443 g/mol. The Kier molecular flexibility index (Phi) is 4.93. The second kappa shape index (κ2) is 8.23. The molecule has 158 valence electrons. The van der Waals surface area contributed by atoms with E-state index in [9.17, 15) is 0 Å². The highest BCUT2D eigenvalue weighted by Gasteiger charge is 2.18. The van der Waals surface area contributed by atoms with Crippen LogP contribution in [0.5, 0.6) is 0 Å². The van der Waals surface area contributed by atoms with E-state index in [1.807, 2.05) is 11.4 Å². The predicted molar refractivity (Wildman–Crippen MR) is 142 cm³/mol. The largest absolute Gasteiger partial charge is 0.284 e. The minimum atomic E-state index is 0.742. The average Bonchev–Trinajstić information content (AvgIpc) is 2.88. The summed E-state index contributed by atoms with van der Waals surface area (Å²) in [5.74, 6) is 1.65. The summed E-state index contributed by atoms with van der Waals surface area (Å²) >= 11 is 1.42. The summed E-state index contributed by atoms with van der Waals surface area (Å²) in [6.07, 6.45) is 0. The topological polar surface area (TPSA) is 28.0 Å². The molecular formula is C29H21N3S. The fraction of sp³-hybridized carbons (Fsp3) is 0.0345. The molecule has 1 aliphatic heterocycles. The molecule has 5 aromatic rings. The average molecular weight is 444 g/mol. The zero-order valence-electron chi connectivity index (χ0n) is 18.1. The van der Waals surface area contributed by atoms with Crippen molar-refractivity contribution in [1.82, 2.24) is 4.31 Å². The van der Waals surface area contributed by atoms with Crippen LogP contribution in [-0.2, 0) is 0 Å². The van der Waals surface area contributed by atoms with Crippen molar-refractivity contribution >= 4 is 45.4 Å². The van der Waals surface area contributed by atoms with Crippen LogP contribution in [0.4, 0.5) is 0 Å². The third-order valence-corrected chi connectivity index (χ3v) is 6.67. The molecule has 0 aliphatic carbocycles. The Hall–Kier alpha value is -3.89. The molecule has 0 spiro atoms. The van der Waals surface area contributed by atoms with Crippen LogP contribution in [0.25, 0.3) is 32.7 Å². The first kappa shape index (κ1) is 19.8. The molecule has 3 nitrogen and oxygen atoms in total. The highest BCUT2D eigenvalue weighted by Crippen LogP contribution is 2.27. The molecule has 0 saturated carbocycles. The summed E-state index contributed by atoms with van der Waals surface area (Å²) in [7, 11) is 2.00. The van der Waals surface area contributed by atoms with E-state index in [0.29, 0.717) is 0 Å². The van der Waals surface area contributed by atoms with Gasteiger partial charge < -0.3 is 0 Å². The van der Waals surface area contributed by atoms with E-state index in [4.69, 9.17) is 4.99 Å². The Morgan fingerprint density at radius 1 is 0.545 bits per heavy atom. The van der Waals surface area contributed by atoms with Crippen molar-refractivity contribution in [2.75, 3.05) is 7.05 Å². The molecule has 33 heavy (non-hydrogen) atoms. The summed E-state index contributed by atoms with van der Waals surface area (Å²) in [6.45, 7) is 0. The molecule has 0 fully saturated rings. The number of benzene rings is 5. The Bertz CT molecular complexity index is 1550. The first-order chi connectivity index (χ1) is 16.2. The second-order valence-corrected chi connectivity index (χ2v) is 9.02. The van der Waals surface area contributed by atoms with Gasteiger partial charge in [0.1, 0.15) is 5.84 Å². The molecule has 0 unspecified atom stereocenters. The normalized spacial score (nSPS) is 13.8. The molecule has 0 amide bonds. The van der Waals surface area contributed by atoms with Crippen LogP contribution in [0.1, 0.15) is 11.1 Å². The van der Waals surface area contributed by atoms with Gasteiger partial charge in [0.2, 0.25) is 0 Å². The molecule has 0 saturated heterocycles. The number of hydrogen-bond acceptors (Lipinski definition) is 4. The Morgan fingerprint density at radius 3 is 1.73 bits per heavy atom. The zero-order valence-corrected chi connectivity index (χ0v) is 19.0. The third-order valence-electron chi connectivity index (χ3n) is 5.99. The van der Waals surface area contributed by atoms with Gasteiger partial charge in [-0.25, -0.2) is 4.99 Å². The van der Waals surface area contributed by atoms with Gasteiger partial charge in [-0.2, -0.15) is 4.40 Å². The standard InChI is InChI=1S/C29H21N3S/c1-32-29(27-17-13-21-7-3-5-9-25(21)19-27)30-28(31-33-32)23-14-10-22(11-15-23)26-16-12-20-6-2-4-8-24(20)18-26/h2-19H,1H3. The number of hydrogen-bond donors (Lipinski definition) is 0. The van der Waals surface area contributed by atoms with Crippen molar-refractivity contribution in [2.45, 2.75) is 0 Å². The van der Waals surface area contributed by atoms with Gasteiger partial charge in [0.05, 0.1) is 12.1 Å².